The molecular formula is C20H30IN5S. The van der Waals surface area contributed by atoms with E-state index < -0.39 is 0 Å². The predicted molar refractivity (Wildman–Crippen MR) is 126 cm³/mol. The number of aryl methyl sites for hydroxylation is 1. The van der Waals surface area contributed by atoms with Crippen LogP contribution >= 0.6 is 35.3 Å². The largest absolute Gasteiger partial charge is 0.372 e. The van der Waals surface area contributed by atoms with Gasteiger partial charge in [-0.25, -0.2) is 4.98 Å². The van der Waals surface area contributed by atoms with E-state index in [4.69, 9.17) is 0 Å². The standard InChI is InChI=1S/C20H29N5S.HI/c1-16-13-22-19(26-16)14-23-20(21-2)24(3)15-17-7-9-18(10-8-17)25-11-5-4-6-12-25;/h7-10,13H,4-6,11-12,14-15H2,1-3H3,(H,21,23);1H. The molecule has 0 amide bonds. The fourth-order valence-electron chi connectivity index (χ4n) is 3.34. The normalized spacial score (nSPS) is 14.6. The lowest BCUT2D eigenvalue weighted by Crippen LogP contribution is -2.38. The van der Waals surface area contributed by atoms with Crippen LogP contribution in [-0.2, 0) is 13.1 Å². The van der Waals surface area contributed by atoms with Crippen molar-refractivity contribution in [3.63, 3.8) is 0 Å². The molecule has 0 radical (unpaired) electrons. The maximum atomic E-state index is 4.40. The Morgan fingerprint density at radius 1 is 1.22 bits per heavy atom. The molecule has 0 unspecified atom stereocenters. The first-order chi connectivity index (χ1) is 12.7. The predicted octanol–water partition coefficient (Wildman–Crippen LogP) is 4.27. The van der Waals surface area contributed by atoms with Crippen molar-refractivity contribution >= 4 is 47.0 Å². The van der Waals surface area contributed by atoms with E-state index in [0.29, 0.717) is 6.54 Å². The van der Waals surface area contributed by atoms with E-state index in [0.717, 1.165) is 17.5 Å². The van der Waals surface area contributed by atoms with Gasteiger partial charge in [0.25, 0.3) is 0 Å². The lowest BCUT2D eigenvalue weighted by Gasteiger charge is -2.29. The van der Waals surface area contributed by atoms with Crippen LogP contribution in [0.2, 0.25) is 0 Å². The molecule has 5 nitrogen and oxygen atoms in total. The first-order valence-electron chi connectivity index (χ1n) is 9.32. The summed E-state index contributed by atoms with van der Waals surface area (Å²) in [6.07, 6.45) is 5.90. The van der Waals surface area contributed by atoms with E-state index in [9.17, 15) is 0 Å². The van der Waals surface area contributed by atoms with E-state index in [1.807, 2.05) is 13.2 Å². The maximum absolute atomic E-state index is 4.40. The number of thiazole rings is 1. The van der Waals surface area contributed by atoms with E-state index in [2.05, 4.69) is 63.3 Å². The molecular weight excluding hydrogens is 469 g/mol. The Morgan fingerprint density at radius 2 is 1.93 bits per heavy atom. The molecule has 1 aliphatic rings. The highest BCUT2D eigenvalue weighted by molar-refractivity contribution is 14.0. The number of nitrogens with one attached hydrogen (secondary N) is 1. The summed E-state index contributed by atoms with van der Waals surface area (Å²) in [6.45, 7) is 5.99. The molecule has 0 saturated carbocycles. The summed E-state index contributed by atoms with van der Waals surface area (Å²) in [4.78, 5) is 14.7. The van der Waals surface area contributed by atoms with Crippen molar-refractivity contribution in [2.75, 3.05) is 32.1 Å². The third kappa shape index (κ3) is 6.34. The van der Waals surface area contributed by atoms with Gasteiger partial charge in [0.1, 0.15) is 5.01 Å². The van der Waals surface area contributed by atoms with E-state index in [-0.39, 0.29) is 24.0 Å². The third-order valence-corrected chi connectivity index (χ3v) is 5.63. The SMILES string of the molecule is CN=C(NCc1ncc(C)s1)N(C)Cc1ccc(N2CCCCC2)cc1.I. The summed E-state index contributed by atoms with van der Waals surface area (Å²) < 4.78 is 0. The first-order valence-corrected chi connectivity index (χ1v) is 10.1. The second kappa shape index (κ2) is 10.8. The van der Waals surface area contributed by atoms with Crippen molar-refractivity contribution in [1.82, 2.24) is 15.2 Å². The van der Waals surface area contributed by atoms with E-state index >= 15 is 0 Å². The zero-order valence-electron chi connectivity index (χ0n) is 16.4. The minimum absolute atomic E-state index is 0. The molecule has 1 N–H and O–H groups in total. The molecule has 1 aliphatic heterocycles. The number of benzene rings is 1. The first kappa shape index (κ1) is 21.9. The Bertz CT molecular complexity index is 722. The molecule has 0 aliphatic carbocycles. The van der Waals surface area contributed by atoms with Gasteiger partial charge in [-0.05, 0) is 43.9 Å². The quantitative estimate of drug-likeness (QED) is 0.379. The molecule has 1 saturated heterocycles. The van der Waals surface area contributed by atoms with Crippen LogP contribution in [0.1, 0.15) is 34.7 Å². The number of aromatic nitrogens is 1. The molecule has 2 aromatic rings. The zero-order valence-corrected chi connectivity index (χ0v) is 19.6. The molecule has 2 heterocycles. The van der Waals surface area contributed by atoms with Gasteiger partial charge in [-0.15, -0.1) is 35.3 Å². The van der Waals surface area contributed by atoms with Gasteiger partial charge in [0.2, 0.25) is 0 Å². The van der Waals surface area contributed by atoms with Crippen LogP contribution in [0.3, 0.4) is 0 Å². The van der Waals surface area contributed by atoms with Crippen molar-refractivity contribution < 1.29 is 0 Å². The number of piperidine rings is 1. The molecule has 0 bridgehead atoms. The number of nitrogens with zero attached hydrogens (tertiary/aromatic N) is 4. The van der Waals surface area contributed by atoms with Crippen LogP contribution in [0, 0.1) is 6.92 Å². The van der Waals surface area contributed by atoms with Crippen molar-refractivity contribution in [2.45, 2.75) is 39.3 Å². The summed E-state index contributed by atoms with van der Waals surface area (Å²) in [5.74, 6) is 0.887. The van der Waals surface area contributed by atoms with Gasteiger partial charge in [-0.1, -0.05) is 12.1 Å². The molecule has 0 atom stereocenters. The number of anilines is 1. The van der Waals surface area contributed by atoms with Crippen molar-refractivity contribution in [2.24, 2.45) is 4.99 Å². The monoisotopic (exact) mass is 499 g/mol. The van der Waals surface area contributed by atoms with E-state index in [1.165, 1.54) is 48.5 Å². The summed E-state index contributed by atoms with van der Waals surface area (Å²) >= 11 is 1.72. The average Bonchev–Trinajstić information content (AvgIpc) is 3.09. The Balaban J connectivity index is 0.00000261. The molecule has 7 heteroatoms. The molecule has 1 fully saturated rings. The number of guanidine groups is 1. The van der Waals surface area contributed by atoms with Crippen LogP contribution in [0.4, 0.5) is 5.69 Å². The number of rotatable bonds is 5. The molecule has 27 heavy (non-hydrogen) atoms. The average molecular weight is 499 g/mol. The van der Waals surface area contributed by atoms with Crippen LogP contribution in [-0.4, -0.2) is 43.0 Å². The number of hydrogen-bond acceptors (Lipinski definition) is 4. The van der Waals surface area contributed by atoms with Crippen LogP contribution in [0.25, 0.3) is 0 Å². The minimum atomic E-state index is 0. The lowest BCUT2D eigenvalue weighted by molar-refractivity contribution is 0.476. The molecule has 0 spiro atoms. The van der Waals surface area contributed by atoms with Crippen LogP contribution in [0.15, 0.2) is 35.5 Å². The highest BCUT2D eigenvalue weighted by atomic mass is 127. The van der Waals surface area contributed by atoms with Crippen molar-refractivity contribution in [1.29, 1.82) is 0 Å². The smallest absolute Gasteiger partial charge is 0.194 e. The fraction of sp³-hybridized carbons (Fsp3) is 0.500. The zero-order chi connectivity index (χ0) is 18.4. The minimum Gasteiger partial charge on any atom is -0.372 e. The summed E-state index contributed by atoms with van der Waals surface area (Å²) in [7, 11) is 3.90. The lowest BCUT2D eigenvalue weighted by atomic mass is 10.1. The van der Waals surface area contributed by atoms with Gasteiger partial charge in [0.15, 0.2) is 5.96 Å². The summed E-state index contributed by atoms with van der Waals surface area (Å²) in [5.41, 5.74) is 2.64. The number of hydrogen-bond donors (Lipinski definition) is 1. The third-order valence-electron chi connectivity index (χ3n) is 4.72. The Hall–Kier alpha value is -1.35. The fourth-order valence-corrected chi connectivity index (χ4v) is 4.06. The highest BCUT2D eigenvalue weighted by Crippen LogP contribution is 2.20. The molecule has 1 aromatic heterocycles. The van der Waals surface area contributed by atoms with Gasteiger partial charge < -0.3 is 15.1 Å². The number of halogens is 1. The van der Waals surface area contributed by atoms with Gasteiger partial charge in [-0.3, -0.25) is 4.99 Å². The van der Waals surface area contributed by atoms with E-state index in [1.54, 1.807) is 11.3 Å². The molecule has 3 rings (SSSR count). The number of aliphatic imine (C=N–C) groups is 1. The maximum Gasteiger partial charge on any atom is 0.194 e. The van der Waals surface area contributed by atoms with Gasteiger partial charge in [-0.2, -0.15) is 0 Å². The van der Waals surface area contributed by atoms with Crippen molar-refractivity contribution in [3.05, 3.63) is 45.9 Å². The van der Waals surface area contributed by atoms with Crippen molar-refractivity contribution in [3.8, 4) is 0 Å². The van der Waals surface area contributed by atoms with Gasteiger partial charge in [0.05, 0.1) is 6.54 Å². The van der Waals surface area contributed by atoms with Gasteiger partial charge >= 0.3 is 0 Å². The topological polar surface area (TPSA) is 43.8 Å². The van der Waals surface area contributed by atoms with Gasteiger partial charge in [0, 0.05) is 50.5 Å². The van der Waals surface area contributed by atoms with Crippen LogP contribution in [0.5, 0.6) is 0 Å². The van der Waals surface area contributed by atoms with Crippen LogP contribution < -0.4 is 10.2 Å². The molecule has 148 valence electrons. The Morgan fingerprint density at radius 3 is 2.52 bits per heavy atom. The Labute approximate surface area is 183 Å². The second-order valence-corrected chi connectivity index (χ2v) is 8.15. The summed E-state index contributed by atoms with van der Waals surface area (Å²) in [5, 5.41) is 4.48. The Kier molecular flexibility index (Phi) is 8.82. The second-order valence-electron chi connectivity index (χ2n) is 6.84. The molecule has 1 aromatic carbocycles. The highest BCUT2D eigenvalue weighted by Gasteiger charge is 2.12. The summed E-state index contributed by atoms with van der Waals surface area (Å²) in [6, 6.07) is 8.97.